The summed E-state index contributed by atoms with van der Waals surface area (Å²) in [6.45, 7) is -3.28. The van der Waals surface area contributed by atoms with Gasteiger partial charge in [0.1, 0.15) is 0 Å². The highest BCUT2D eigenvalue weighted by molar-refractivity contribution is 4.43. The molecule has 2 nitrogen and oxygen atoms in total. The molecule has 0 saturated heterocycles. The normalized spacial score (nSPS) is 20.8. The monoisotopic (exact) mass is 120 g/mol. The van der Waals surface area contributed by atoms with Gasteiger partial charge in [-0.15, -0.1) is 0 Å². The summed E-state index contributed by atoms with van der Waals surface area (Å²) in [6.07, 6.45) is 1.65. The van der Waals surface area contributed by atoms with Crippen molar-refractivity contribution in [1.82, 2.24) is 0 Å². The lowest BCUT2D eigenvalue weighted by Crippen LogP contribution is -2.00. The second kappa shape index (κ2) is 6.92. The van der Waals surface area contributed by atoms with Gasteiger partial charge in [0.25, 0.3) is 0 Å². The van der Waals surface area contributed by atoms with E-state index >= 15 is 0 Å². The van der Waals surface area contributed by atoms with E-state index < -0.39 is 13.0 Å². The predicted molar refractivity (Wildman–Crippen MR) is 36.6 cm³/mol. The van der Waals surface area contributed by atoms with E-state index in [1.807, 2.05) is 0 Å². The van der Waals surface area contributed by atoms with E-state index in [1.165, 1.54) is 0 Å². The van der Waals surface area contributed by atoms with Crippen LogP contribution in [0.4, 0.5) is 0 Å². The fourth-order valence-corrected chi connectivity index (χ4v) is 0.454. The van der Waals surface area contributed by atoms with Gasteiger partial charge in [-0.2, -0.15) is 0 Å². The van der Waals surface area contributed by atoms with Crippen LogP contribution in [0.3, 0.4) is 0 Å². The van der Waals surface area contributed by atoms with Gasteiger partial charge < -0.3 is 11.5 Å². The first kappa shape index (κ1) is 3.18. The highest BCUT2D eigenvalue weighted by atomic mass is 14.5. The van der Waals surface area contributed by atoms with Gasteiger partial charge in [-0.1, -0.05) is 12.8 Å². The third-order valence-electron chi connectivity index (χ3n) is 0.892. The molecule has 0 aromatic carbocycles. The highest BCUT2D eigenvalue weighted by Crippen LogP contribution is 1.95. The van der Waals surface area contributed by atoms with E-state index in [4.69, 9.17) is 17.0 Å². The second-order valence-electron chi connectivity index (χ2n) is 1.62. The molecule has 0 unspecified atom stereocenters. The SMILES string of the molecule is [2H]C([2H])(N)CCCCC([2H])([2H])N. The van der Waals surface area contributed by atoms with Crippen molar-refractivity contribution < 1.29 is 5.48 Å². The van der Waals surface area contributed by atoms with Gasteiger partial charge >= 0.3 is 0 Å². The molecule has 0 bridgehead atoms. The quantitative estimate of drug-likeness (QED) is 0.518. The molecule has 2 heteroatoms. The van der Waals surface area contributed by atoms with Crippen molar-refractivity contribution in [2.45, 2.75) is 25.7 Å². The maximum Gasteiger partial charge on any atom is 0.0425 e. The Morgan fingerprint density at radius 2 is 1.25 bits per heavy atom. The van der Waals surface area contributed by atoms with Crippen LogP contribution < -0.4 is 11.5 Å². The van der Waals surface area contributed by atoms with Crippen LogP contribution >= 0.6 is 0 Å². The fraction of sp³-hybridized carbons (Fsp3) is 1.00. The van der Waals surface area contributed by atoms with Crippen molar-refractivity contribution in [3.8, 4) is 0 Å². The van der Waals surface area contributed by atoms with Crippen molar-refractivity contribution in [3.63, 3.8) is 0 Å². The Morgan fingerprint density at radius 3 is 1.50 bits per heavy atom. The third kappa shape index (κ3) is 5.92. The number of hydrogen-bond acceptors (Lipinski definition) is 2. The molecular formula is C6H16N2. The van der Waals surface area contributed by atoms with E-state index in [2.05, 4.69) is 0 Å². The van der Waals surface area contributed by atoms with Crippen LogP contribution in [0.1, 0.15) is 31.2 Å². The van der Waals surface area contributed by atoms with E-state index in [-0.39, 0.29) is 12.8 Å². The van der Waals surface area contributed by atoms with Gasteiger partial charge in [-0.25, -0.2) is 0 Å². The summed E-state index contributed by atoms with van der Waals surface area (Å²) in [5.41, 5.74) is 10.2. The van der Waals surface area contributed by atoms with Gasteiger partial charge in [0.05, 0.1) is 0 Å². The molecule has 4 N–H and O–H groups in total. The van der Waals surface area contributed by atoms with Crippen molar-refractivity contribution in [1.29, 1.82) is 0 Å². The first-order valence-corrected chi connectivity index (χ1v) is 2.78. The third-order valence-corrected chi connectivity index (χ3v) is 0.892. The Bertz CT molecular complexity index is 110. The number of hydrogen-bond donors (Lipinski definition) is 2. The lowest BCUT2D eigenvalue weighted by Gasteiger charge is -1.94. The van der Waals surface area contributed by atoms with Crippen LogP contribution in [-0.4, -0.2) is 13.0 Å². The van der Waals surface area contributed by atoms with Crippen molar-refractivity contribution in [2.75, 3.05) is 13.0 Å². The zero-order chi connectivity index (χ0) is 9.83. The fourth-order valence-electron chi connectivity index (χ4n) is 0.454. The van der Waals surface area contributed by atoms with E-state index in [0.717, 1.165) is 0 Å². The van der Waals surface area contributed by atoms with Crippen LogP contribution in [-0.2, 0) is 0 Å². The van der Waals surface area contributed by atoms with Crippen LogP contribution in [0.5, 0.6) is 0 Å². The molecule has 0 aliphatic carbocycles. The Labute approximate surface area is 56.9 Å². The smallest absolute Gasteiger partial charge is 0.0425 e. The van der Waals surface area contributed by atoms with Gasteiger partial charge in [0.2, 0.25) is 0 Å². The molecule has 0 rings (SSSR count). The largest absolute Gasteiger partial charge is 0.330 e. The van der Waals surface area contributed by atoms with E-state index in [0.29, 0.717) is 12.8 Å². The minimum atomic E-state index is -1.64. The van der Waals surface area contributed by atoms with Crippen LogP contribution in [0.2, 0.25) is 0 Å². The summed E-state index contributed by atoms with van der Waals surface area (Å²) in [5.74, 6) is 0. The zero-order valence-electron chi connectivity index (χ0n) is 8.98. The van der Waals surface area contributed by atoms with E-state index in [1.54, 1.807) is 0 Å². The second-order valence-corrected chi connectivity index (χ2v) is 1.62. The van der Waals surface area contributed by atoms with Crippen LogP contribution in [0.15, 0.2) is 0 Å². The Balaban J connectivity index is 3.35. The van der Waals surface area contributed by atoms with Gasteiger partial charge in [0.15, 0.2) is 0 Å². The van der Waals surface area contributed by atoms with Crippen LogP contribution in [0, 0.1) is 0 Å². The Morgan fingerprint density at radius 1 is 0.875 bits per heavy atom. The molecule has 0 aliphatic heterocycles. The number of nitrogens with two attached hydrogens (primary N) is 2. The number of rotatable bonds is 5. The summed E-state index contributed by atoms with van der Waals surface area (Å²) in [6, 6.07) is 0. The lowest BCUT2D eigenvalue weighted by atomic mass is 10.2. The topological polar surface area (TPSA) is 52.0 Å². The van der Waals surface area contributed by atoms with Crippen molar-refractivity contribution >= 4 is 0 Å². The molecule has 50 valence electrons. The molecule has 8 heavy (non-hydrogen) atoms. The predicted octanol–water partition coefficient (Wildman–Crippen LogP) is 0.464. The molecule has 0 spiro atoms. The maximum absolute atomic E-state index is 6.99. The zero-order valence-corrected chi connectivity index (χ0v) is 4.98. The average Bonchev–Trinajstić information content (AvgIpc) is 1.76. The molecular weight excluding hydrogens is 100 g/mol. The summed E-state index contributed by atoms with van der Waals surface area (Å²) in [5, 5.41) is 0. The maximum atomic E-state index is 6.99. The highest BCUT2D eigenvalue weighted by Gasteiger charge is 1.83. The van der Waals surface area contributed by atoms with Gasteiger partial charge in [0, 0.05) is 5.48 Å². The minimum Gasteiger partial charge on any atom is -0.330 e. The first-order valence-electron chi connectivity index (χ1n) is 4.78. The molecule has 0 atom stereocenters. The minimum absolute atomic E-state index is 0.253. The first-order chi connectivity index (χ1) is 5.21. The summed E-state index contributed by atoms with van der Waals surface area (Å²) in [7, 11) is 0. The average molecular weight is 120 g/mol. The van der Waals surface area contributed by atoms with Gasteiger partial charge in [-0.05, 0) is 25.8 Å². The molecule has 0 saturated carbocycles. The van der Waals surface area contributed by atoms with E-state index in [9.17, 15) is 0 Å². The van der Waals surface area contributed by atoms with Gasteiger partial charge in [-0.3, -0.25) is 0 Å². The Kier molecular flexibility index (Phi) is 2.75. The molecule has 0 fully saturated rings. The molecule has 0 amide bonds. The molecule has 0 radical (unpaired) electrons. The van der Waals surface area contributed by atoms with Crippen LogP contribution in [0.25, 0.3) is 0 Å². The summed E-state index contributed by atoms with van der Waals surface area (Å²) in [4.78, 5) is 0. The summed E-state index contributed by atoms with van der Waals surface area (Å²) >= 11 is 0. The standard InChI is InChI=1S/C6H16N2/c7-5-3-1-2-4-6-8/h1-8H2/i5D2,6D2. The Hall–Kier alpha value is -0.0800. The number of unbranched alkanes of at least 4 members (excludes halogenated alkanes) is 1. The lowest BCUT2D eigenvalue weighted by molar-refractivity contribution is 0.653. The molecule has 0 aromatic heterocycles. The van der Waals surface area contributed by atoms with Crippen molar-refractivity contribution in [2.24, 2.45) is 11.5 Å². The molecule has 0 heterocycles. The summed E-state index contributed by atoms with van der Waals surface area (Å²) < 4.78 is 27.9. The molecule has 0 aliphatic rings. The molecule has 0 aromatic rings. The van der Waals surface area contributed by atoms with Crippen molar-refractivity contribution in [3.05, 3.63) is 0 Å².